The molecule has 2 aliphatic heterocycles. The van der Waals surface area contributed by atoms with Crippen LogP contribution in [0.5, 0.6) is 0 Å². The van der Waals surface area contributed by atoms with Crippen molar-refractivity contribution < 1.29 is 0 Å². The molecule has 588 valence electrons. The summed E-state index contributed by atoms with van der Waals surface area (Å²) >= 11 is 0. The second-order valence-corrected chi connectivity index (χ2v) is 36.5. The summed E-state index contributed by atoms with van der Waals surface area (Å²) in [7, 11) is 0. The van der Waals surface area contributed by atoms with Crippen LogP contribution in [-0.4, -0.2) is 15.8 Å². The van der Waals surface area contributed by atoms with Gasteiger partial charge in [-0.05, 0) is 262 Å². The van der Waals surface area contributed by atoms with Gasteiger partial charge in [-0.25, -0.2) is 0 Å². The van der Waals surface area contributed by atoms with Crippen molar-refractivity contribution in [3.05, 3.63) is 404 Å². The van der Waals surface area contributed by atoms with Gasteiger partial charge in [0, 0.05) is 77.9 Å². The molecule has 0 radical (unpaired) electrons. The van der Waals surface area contributed by atoms with Crippen LogP contribution in [0.3, 0.4) is 0 Å². The molecule has 0 atom stereocenters. The molecule has 122 heavy (non-hydrogen) atoms. The zero-order valence-corrected chi connectivity index (χ0v) is 71.3. The maximum atomic E-state index is 2.75. The topological polar surface area (TPSA) is 16.3 Å². The molecule has 19 aromatic rings. The van der Waals surface area contributed by atoms with Crippen LogP contribution in [0, 0.1) is 6.92 Å². The smallest absolute Gasteiger partial charge is 0.252 e. The number of para-hydroxylation sites is 2. The molecule has 4 heterocycles. The van der Waals surface area contributed by atoms with E-state index in [-0.39, 0.29) is 17.5 Å². The molecule has 5 heteroatoms. The lowest BCUT2D eigenvalue weighted by Crippen LogP contribution is -2.61. The third-order valence-electron chi connectivity index (χ3n) is 25.9. The molecule has 2 aliphatic rings. The minimum atomic E-state index is -0.282. The Hall–Kier alpha value is -14.0. The van der Waals surface area contributed by atoms with Gasteiger partial charge in [-0.15, -0.1) is 0 Å². The second-order valence-electron chi connectivity index (χ2n) is 36.5. The number of hydrogen-bond acceptors (Lipinski definition) is 2. The molecule has 0 saturated carbocycles. The highest BCUT2D eigenvalue weighted by Crippen LogP contribution is 2.56. The fourth-order valence-electron chi connectivity index (χ4n) is 19.6. The first-order valence-corrected chi connectivity index (χ1v) is 43.4. The van der Waals surface area contributed by atoms with Crippen LogP contribution >= 0.6 is 0 Å². The normalized spacial score (nSPS) is 12.6. The fourth-order valence-corrected chi connectivity index (χ4v) is 19.6. The number of aromatic nitrogens is 2. The van der Waals surface area contributed by atoms with Crippen LogP contribution in [0.2, 0.25) is 0 Å². The van der Waals surface area contributed by atoms with Crippen molar-refractivity contribution in [3.8, 4) is 100 Å². The first-order chi connectivity index (χ1) is 59.3. The van der Waals surface area contributed by atoms with Gasteiger partial charge in [-0.2, -0.15) is 0 Å². The van der Waals surface area contributed by atoms with Crippen LogP contribution < -0.4 is 26.2 Å². The van der Waals surface area contributed by atoms with Gasteiger partial charge in [-0.3, -0.25) is 0 Å². The SMILES string of the molecule is Cc1cc2c3c(c1)N(c1c(-c4ccccc4)cc(C(C)(C)C)cc1-c1cccc(-c4cccc(-c5ccccc5)c4)c1)c1cc(-n4c5ccc(C(C)C)cc5c5cc(C(C)C)ccc54)ccc1B3c1ccc(-n3c4ccccc4c4ccccc43)cc1N2c1c(-c2ccccc2)cc(C(C)(C)C)cc1-c1cccc(-c2cccc(-c3ccccc3)c2)c1. The van der Waals surface area contributed by atoms with E-state index in [0.29, 0.717) is 11.8 Å². The van der Waals surface area contributed by atoms with E-state index < -0.39 is 0 Å². The number of fused-ring (bicyclic) bond motifs is 10. The highest BCUT2D eigenvalue weighted by molar-refractivity contribution is 7.00. The summed E-state index contributed by atoms with van der Waals surface area (Å²) in [4.78, 5) is 5.49. The lowest BCUT2D eigenvalue weighted by molar-refractivity contribution is 0.590. The average Bonchev–Trinajstić information content (AvgIpc) is 0.878. The van der Waals surface area contributed by atoms with E-state index in [2.05, 4.69) is 471 Å². The van der Waals surface area contributed by atoms with Crippen molar-refractivity contribution >= 4 is 101 Å². The first kappa shape index (κ1) is 75.5. The minimum absolute atomic E-state index is 0.256. The molecular formula is C117H97BN4. The van der Waals surface area contributed by atoms with Crippen molar-refractivity contribution in [2.75, 3.05) is 9.80 Å². The van der Waals surface area contributed by atoms with Gasteiger partial charge in [0.25, 0.3) is 6.71 Å². The molecule has 2 aromatic heterocycles. The zero-order valence-electron chi connectivity index (χ0n) is 71.3. The number of aryl methyl sites for hydroxylation is 1. The lowest BCUT2D eigenvalue weighted by atomic mass is 9.33. The molecular weight excluding hydrogens is 1470 g/mol. The largest absolute Gasteiger partial charge is 0.310 e. The van der Waals surface area contributed by atoms with E-state index in [9.17, 15) is 0 Å². The summed E-state index contributed by atoms with van der Waals surface area (Å²) in [6.45, 7) is 25.6. The van der Waals surface area contributed by atoms with Gasteiger partial charge < -0.3 is 18.9 Å². The van der Waals surface area contributed by atoms with Crippen molar-refractivity contribution in [3.63, 3.8) is 0 Å². The quantitative estimate of drug-likeness (QED) is 0.101. The molecule has 0 N–H and O–H groups in total. The summed E-state index contributed by atoms with van der Waals surface area (Å²) in [5, 5.41) is 4.98. The van der Waals surface area contributed by atoms with Crippen molar-refractivity contribution in [1.29, 1.82) is 0 Å². The molecule has 0 amide bonds. The Kier molecular flexibility index (Phi) is 18.4. The average molecular weight is 1570 g/mol. The van der Waals surface area contributed by atoms with Gasteiger partial charge in [0.05, 0.1) is 33.4 Å². The summed E-state index contributed by atoms with van der Waals surface area (Å²) in [5.41, 5.74) is 41.6. The number of anilines is 6. The van der Waals surface area contributed by atoms with Crippen molar-refractivity contribution in [2.45, 2.75) is 98.8 Å². The molecule has 0 bridgehead atoms. The summed E-state index contributed by atoms with van der Waals surface area (Å²) in [6, 6.07) is 144. The van der Waals surface area contributed by atoms with Crippen LogP contribution in [0.1, 0.15) is 109 Å². The first-order valence-electron chi connectivity index (χ1n) is 43.4. The summed E-state index contributed by atoms with van der Waals surface area (Å²) in [6.07, 6.45) is 0. The van der Waals surface area contributed by atoms with E-state index in [1.54, 1.807) is 0 Å². The van der Waals surface area contributed by atoms with Gasteiger partial charge in [-0.1, -0.05) is 324 Å². The number of rotatable bonds is 14. The molecule has 0 saturated heterocycles. The summed E-state index contributed by atoms with van der Waals surface area (Å²) in [5.74, 6) is 0.697. The maximum Gasteiger partial charge on any atom is 0.252 e. The molecule has 4 nitrogen and oxygen atoms in total. The Morgan fingerprint density at radius 3 is 0.910 bits per heavy atom. The highest BCUT2D eigenvalue weighted by atomic mass is 15.2. The lowest BCUT2D eigenvalue weighted by Gasteiger charge is -2.46. The molecule has 0 aliphatic carbocycles. The van der Waals surface area contributed by atoms with Crippen LogP contribution in [0.4, 0.5) is 34.1 Å². The van der Waals surface area contributed by atoms with Gasteiger partial charge in [0.1, 0.15) is 0 Å². The molecule has 0 spiro atoms. The Labute approximate surface area is 718 Å². The fraction of sp³-hybridized carbons (Fsp3) is 0.128. The third kappa shape index (κ3) is 13.0. The Bertz CT molecular complexity index is 7230. The van der Waals surface area contributed by atoms with E-state index in [4.69, 9.17) is 0 Å². The summed E-state index contributed by atoms with van der Waals surface area (Å²) < 4.78 is 5.08. The van der Waals surface area contributed by atoms with Crippen LogP contribution in [0.25, 0.3) is 144 Å². The van der Waals surface area contributed by atoms with Crippen molar-refractivity contribution in [2.24, 2.45) is 0 Å². The molecule has 0 unspecified atom stereocenters. The third-order valence-corrected chi connectivity index (χ3v) is 25.9. The van der Waals surface area contributed by atoms with Crippen LogP contribution in [0.15, 0.2) is 376 Å². The second kappa shape index (κ2) is 29.8. The van der Waals surface area contributed by atoms with Gasteiger partial charge in [0.15, 0.2) is 0 Å². The Morgan fingerprint density at radius 1 is 0.246 bits per heavy atom. The zero-order chi connectivity index (χ0) is 83.0. The maximum absolute atomic E-state index is 2.75. The van der Waals surface area contributed by atoms with Crippen molar-refractivity contribution in [1.82, 2.24) is 9.13 Å². The number of nitrogens with zero attached hydrogens (tertiary/aromatic N) is 4. The minimum Gasteiger partial charge on any atom is -0.310 e. The van der Waals surface area contributed by atoms with Gasteiger partial charge in [0.2, 0.25) is 0 Å². The molecule has 17 aromatic carbocycles. The van der Waals surface area contributed by atoms with E-state index in [1.807, 2.05) is 0 Å². The predicted octanol–water partition coefficient (Wildman–Crippen LogP) is 30.4. The standard InChI is InChI=1S/C117H97BN4/c1-74(2)81-52-58-107-101(66-81)102-67-82(75(3)4)53-59-108(102)120(107)94-55-57-104-110(73-94)122(115-98(80-38-22-15-23-39-80)69-92(117(9,10)11)71-100(115)90-47-31-45-88(65-90)86-43-29-41-84(63-86)78-34-18-13-19-35-78)112-61-76(5)60-111-113(112)118(104)103-56-54-93(119-105-50-26-24-48-95(105)96-49-25-27-51-106(96)119)72-109(103)121(111)114-97(79-36-20-14-21-37-79)68-91(116(6,7)8)70-99(114)89-46-30-44-87(64-89)85-42-28-40-83(62-85)77-32-16-12-17-33-77/h12-75H,1-11H3. The monoisotopic (exact) mass is 1570 g/mol. The van der Waals surface area contributed by atoms with Crippen LogP contribution in [-0.2, 0) is 10.8 Å². The van der Waals surface area contributed by atoms with Gasteiger partial charge >= 0.3 is 0 Å². The molecule has 21 rings (SSSR count). The van der Waals surface area contributed by atoms with E-state index in [1.165, 1.54) is 93.5 Å². The Morgan fingerprint density at radius 2 is 0.549 bits per heavy atom. The number of benzene rings is 17. The van der Waals surface area contributed by atoms with E-state index in [0.717, 1.165) is 129 Å². The van der Waals surface area contributed by atoms with E-state index >= 15 is 0 Å². The molecule has 0 fully saturated rings. The Balaban J connectivity index is 0.904. The highest BCUT2D eigenvalue weighted by Gasteiger charge is 2.46. The predicted molar refractivity (Wildman–Crippen MR) is 523 cm³/mol. The number of hydrogen-bond donors (Lipinski definition) is 0.